The van der Waals surface area contributed by atoms with Crippen molar-refractivity contribution in [3.63, 3.8) is 0 Å². The van der Waals surface area contributed by atoms with Gasteiger partial charge in [0.1, 0.15) is 29.2 Å². The molecule has 1 saturated heterocycles. The second-order valence-electron chi connectivity index (χ2n) is 13.1. The number of pyridine rings is 1. The van der Waals surface area contributed by atoms with Gasteiger partial charge < -0.3 is 30.2 Å². The van der Waals surface area contributed by atoms with E-state index in [1.54, 1.807) is 26.2 Å². The summed E-state index contributed by atoms with van der Waals surface area (Å²) in [6.45, 7) is 5.47. The van der Waals surface area contributed by atoms with Gasteiger partial charge in [-0.15, -0.1) is 6.58 Å². The molecule has 1 aliphatic carbocycles. The van der Waals surface area contributed by atoms with Crippen LogP contribution in [0.5, 0.6) is 11.5 Å². The van der Waals surface area contributed by atoms with E-state index < -0.39 is 41.4 Å². The summed E-state index contributed by atoms with van der Waals surface area (Å²) in [5.41, 5.74) is 0.937. The minimum atomic E-state index is -1.24. The molecular formula is C40H41BN6O6S. The number of ether oxygens (including phenoxy) is 2. The summed E-state index contributed by atoms with van der Waals surface area (Å²) in [5.74, 6) is -1.00. The summed E-state index contributed by atoms with van der Waals surface area (Å²) in [6.07, 6.45) is 4.36. The zero-order valence-electron chi connectivity index (χ0n) is 30.0. The fourth-order valence-corrected chi connectivity index (χ4v) is 7.25. The van der Waals surface area contributed by atoms with Crippen LogP contribution in [0.4, 0.5) is 0 Å². The number of nitrogens with one attached hydrogen (secondary N) is 4. The summed E-state index contributed by atoms with van der Waals surface area (Å²) in [6, 6.07) is 24.2. The second-order valence-corrected chi connectivity index (χ2v) is 13.9. The largest absolute Gasteiger partial charge is 0.497 e. The Bertz CT molecular complexity index is 2050. The number of fused-ring (bicyclic) bond motifs is 1. The van der Waals surface area contributed by atoms with Crippen molar-refractivity contribution in [2.24, 2.45) is 5.92 Å². The first kappa shape index (κ1) is 38.1. The molecule has 2 heterocycles. The molecule has 54 heavy (non-hydrogen) atoms. The fraction of sp³-hybridized carbons (Fsp3) is 0.275. The van der Waals surface area contributed by atoms with E-state index in [1.807, 2.05) is 84.9 Å². The van der Waals surface area contributed by atoms with Crippen LogP contribution >= 0.6 is 11.9 Å². The smallest absolute Gasteiger partial charge is 0.256 e. The van der Waals surface area contributed by atoms with E-state index in [4.69, 9.17) is 22.4 Å². The van der Waals surface area contributed by atoms with Crippen molar-refractivity contribution in [1.82, 2.24) is 30.5 Å². The maximum atomic E-state index is 14.3. The molecule has 12 nitrogen and oxygen atoms in total. The van der Waals surface area contributed by atoms with E-state index in [-0.39, 0.29) is 31.3 Å². The van der Waals surface area contributed by atoms with Gasteiger partial charge in [0.25, 0.3) is 5.91 Å². The first-order valence-electron chi connectivity index (χ1n) is 17.5. The number of hydrogen-bond acceptors (Lipinski definition) is 9. The summed E-state index contributed by atoms with van der Waals surface area (Å²) >= 11 is 1.15. The molecule has 6 rings (SSSR count). The van der Waals surface area contributed by atoms with Gasteiger partial charge in [-0.3, -0.25) is 23.9 Å². The predicted octanol–water partition coefficient (Wildman–Crippen LogP) is 3.88. The van der Waals surface area contributed by atoms with Crippen LogP contribution in [-0.2, 0) is 19.2 Å². The third-order valence-electron chi connectivity index (χ3n) is 9.54. The second kappa shape index (κ2) is 17.0. The predicted molar refractivity (Wildman–Crippen MR) is 208 cm³/mol. The number of likely N-dealkylation sites (tertiary alicyclic amines) is 1. The van der Waals surface area contributed by atoms with Crippen molar-refractivity contribution >= 4 is 54.5 Å². The van der Waals surface area contributed by atoms with E-state index in [9.17, 15) is 19.2 Å². The Labute approximate surface area is 319 Å². The third kappa shape index (κ3) is 8.45. The molecule has 5 atom stereocenters. The van der Waals surface area contributed by atoms with Crippen LogP contribution in [0.1, 0.15) is 19.8 Å². The van der Waals surface area contributed by atoms with Crippen LogP contribution < -0.4 is 30.1 Å². The van der Waals surface area contributed by atoms with E-state index in [1.165, 1.54) is 11.0 Å². The summed E-state index contributed by atoms with van der Waals surface area (Å²) in [7, 11) is 7.41. The number of allylic oxidation sites excluding steroid dienone is 1. The topological polar surface area (TPSA) is 151 Å². The van der Waals surface area contributed by atoms with Crippen LogP contribution in [-0.4, -0.2) is 85.4 Å². The molecule has 2 fully saturated rings. The van der Waals surface area contributed by atoms with Crippen LogP contribution in [0.2, 0.25) is 0 Å². The molecule has 0 spiro atoms. The number of carbonyl (C=O) groups is 4. The van der Waals surface area contributed by atoms with E-state index in [0.717, 1.165) is 22.4 Å². The molecule has 1 saturated carbocycles. The lowest BCUT2D eigenvalue weighted by molar-refractivity contribution is -0.140. The Morgan fingerprint density at radius 2 is 1.81 bits per heavy atom. The van der Waals surface area contributed by atoms with Gasteiger partial charge in [-0.1, -0.05) is 60.7 Å². The fourth-order valence-electron chi connectivity index (χ4n) is 6.56. The van der Waals surface area contributed by atoms with E-state index in [2.05, 4.69) is 27.2 Å². The molecule has 3 aromatic carbocycles. The highest BCUT2D eigenvalue weighted by atomic mass is 32.2. The highest BCUT2D eigenvalue weighted by Crippen LogP contribution is 2.45. The number of aromatic nitrogens is 1. The summed E-state index contributed by atoms with van der Waals surface area (Å²) in [4.78, 5) is 61.4. The van der Waals surface area contributed by atoms with Crippen LogP contribution in [0.3, 0.4) is 0 Å². The summed E-state index contributed by atoms with van der Waals surface area (Å²) in [5, 5.41) is 8.83. The minimum absolute atomic E-state index is 0.0203. The highest BCUT2D eigenvalue weighted by Gasteiger charge is 2.61. The maximum absolute atomic E-state index is 14.3. The lowest BCUT2D eigenvalue weighted by Crippen LogP contribution is -2.58. The Morgan fingerprint density at radius 3 is 2.48 bits per heavy atom. The highest BCUT2D eigenvalue weighted by molar-refractivity contribution is 7.98. The van der Waals surface area contributed by atoms with Gasteiger partial charge in [0.2, 0.25) is 17.7 Å². The van der Waals surface area contributed by atoms with E-state index in [0.29, 0.717) is 34.5 Å². The van der Waals surface area contributed by atoms with Gasteiger partial charge >= 0.3 is 0 Å². The number of carbonyl (C=O) groups excluding carboxylic acids is 4. The minimum Gasteiger partial charge on any atom is -0.497 e. The molecule has 4 N–H and O–H groups in total. The van der Waals surface area contributed by atoms with Gasteiger partial charge in [-0.2, -0.15) is 0 Å². The summed E-state index contributed by atoms with van der Waals surface area (Å²) < 4.78 is 15.0. The van der Waals surface area contributed by atoms with Gasteiger partial charge in [-0.25, -0.2) is 4.98 Å². The Morgan fingerprint density at radius 1 is 1.07 bits per heavy atom. The molecule has 4 amide bonds. The molecule has 0 unspecified atom stereocenters. The SMILES string of the molecule is [B]N[C@@H](CNC(=O)/C=C/C)C(=O)N1C[C@H](Oc2cc(-c3ccccc3)nc3cc(OC)ccc23)C[C@H]1C(=O)N[C@]1(C(=O)NSc2ccccc2)C[C@H]1C=C. The number of hydrogen-bond donors (Lipinski definition) is 4. The molecule has 1 aromatic heterocycles. The van der Waals surface area contributed by atoms with Crippen molar-refractivity contribution in [3.05, 3.63) is 110 Å². The quantitative estimate of drug-likeness (QED) is 0.0616. The molecule has 2 radical (unpaired) electrons. The molecule has 4 aromatic rings. The van der Waals surface area contributed by atoms with Gasteiger partial charge in [0.15, 0.2) is 7.98 Å². The number of benzene rings is 3. The molecular weight excluding hydrogens is 703 g/mol. The van der Waals surface area contributed by atoms with Gasteiger partial charge in [0.05, 0.1) is 30.9 Å². The monoisotopic (exact) mass is 744 g/mol. The normalized spacial score (nSPS) is 20.9. The number of amides is 4. The lowest BCUT2D eigenvalue weighted by atomic mass is 10.1. The number of methoxy groups -OCH3 is 1. The van der Waals surface area contributed by atoms with Crippen LogP contribution in [0.15, 0.2) is 115 Å². The van der Waals surface area contributed by atoms with Crippen LogP contribution in [0, 0.1) is 5.92 Å². The molecule has 14 heteroatoms. The molecule has 276 valence electrons. The molecule has 0 bridgehead atoms. The standard InChI is InChI=1S/C40H41BN6O6S/c1-4-12-36(48)42-23-33(45-41)38(50)47-24-28(53-35-21-31(25-13-8-6-9-14-25)43-32-19-27(52-3)17-18-30(32)35)20-34(47)37(49)44-40(22-26(40)5-2)39(51)46-54-29-15-10-7-11-16-29/h4-19,21,26,28,33-34,45H,2,20,22-24H2,1,3H3,(H,42,48)(H,44,49)(H,46,51)/b12-4+/t26-,28-,33+,34+,40-/m1/s1. The van der Waals surface area contributed by atoms with Crippen molar-refractivity contribution < 1.29 is 28.7 Å². The lowest BCUT2D eigenvalue weighted by Gasteiger charge is -2.29. The maximum Gasteiger partial charge on any atom is 0.256 e. The Balaban J connectivity index is 1.29. The van der Waals surface area contributed by atoms with Crippen molar-refractivity contribution in [3.8, 4) is 22.8 Å². The van der Waals surface area contributed by atoms with Crippen molar-refractivity contribution in [2.75, 3.05) is 20.2 Å². The van der Waals surface area contributed by atoms with Gasteiger partial charge in [-0.05, 0) is 55.6 Å². The van der Waals surface area contributed by atoms with Crippen molar-refractivity contribution in [1.29, 1.82) is 0 Å². The first-order valence-corrected chi connectivity index (χ1v) is 18.4. The van der Waals surface area contributed by atoms with E-state index >= 15 is 0 Å². The van der Waals surface area contributed by atoms with Gasteiger partial charge in [0, 0.05) is 46.9 Å². The molecule has 1 aliphatic heterocycles. The Hall–Kier alpha value is -5.60. The first-order chi connectivity index (χ1) is 26.2. The zero-order valence-corrected chi connectivity index (χ0v) is 30.8. The van der Waals surface area contributed by atoms with Crippen LogP contribution in [0.25, 0.3) is 22.2 Å². The number of nitrogens with zero attached hydrogens (tertiary/aromatic N) is 2. The van der Waals surface area contributed by atoms with Crippen molar-refractivity contribution in [2.45, 2.75) is 48.4 Å². The zero-order chi connectivity index (χ0) is 38.2. The number of rotatable bonds is 15. The average molecular weight is 745 g/mol. The Kier molecular flexibility index (Phi) is 12.0. The molecule has 2 aliphatic rings. The average Bonchev–Trinajstić information content (AvgIpc) is 3.75. The third-order valence-corrected chi connectivity index (χ3v) is 10.3.